The van der Waals surface area contributed by atoms with Gasteiger partial charge in [0, 0.05) is 6.42 Å². The van der Waals surface area contributed by atoms with Crippen molar-refractivity contribution in [1.82, 2.24) is 0 Å². The van der Waals surface area contributed by atoms with Crippen LogP contribution in [0.3, 0.4) is 0 Å². The fraction of sp³-hybridized carbons (Fsp3) is 0.556. The Labute approximate surface area is 77.5 Å². The third-order valence-electron chi connectivity index (χ3n) is 1.42. The van der Waals surface area contributed by atoms with Gasteiger partial charge in [-0.05, 0) is 6.42 Å². The normalized spacial score (nSPS) is 10.8. The van der Waals surface area contributed by atoms with Gasteiger partial charge in [0.2, 0.25) is 0 Å². The lowest BCUT2D eigenvalue weighted by atomic mass is 10.1. The molecule has 0 bridgehead atoms. The first-order valence-electron chi connectivity index (χ1n) is 4.01. The van der Waals surface area contributed by atoms with Gasteiger partial charge >= 0.3 is 5.97 Å². The van der Waals surface area contributed by atoms with E-state index in [2.05, 4.69) is 9.47 Å². The lowest BCUT2D eigenvalue weighted by Gasteiger charge is -2.02. The molecule has 0 atom stereocenters. The van der Waals surface area contributed by atoms with Crippen molar-refractivity contribution >= 4 is 11.8 Å². The Hall–Kier alpha value is -1.32. The number of hydrogen-bond acceptors (Lipinski definition) is 4. The Balaban J connectivity index is 4.52. The van der Waals surface area contributed by atoms with E-state index in [0.29, 0.717) is 12.8 Å². The van der Waals surface area contributed by atoms with Crippen LogP contribution in [-0.2, 0) is 19.1 Å². The first kappa shape index (κ1) is 11.7. The molecule has 74 valence electrons. The highest BCUT2D eigenvalue weighted by molar-refractivity contribution is 6.16. The van der Waals surface area contributed by atoms with Crippen LogP contribution < -0.4 is 0 Å². The minimum Gasteiger partial charge on any atom is -0.503 e. The second-order valence-electron chi connectivity index (χ2n) is 2.43. The van der Waals surface area contributed by atoms with Crippen LogP contribution in [-0.4, -0.2) is 26.0 Å². The topological polar surface area (TPSA) is 52.6 Å². The number of carbonyl (C=O) groups excluding carboxylic acids is 2. The molecule has 0 radical (unpaired) electrons. The van der Waals surface area contributed by atoms with Crippen molar-refractivity contribution in [2.75, 3.05) is 14.2 Å². The summed E-state index contributed by atoms with van der Waals surface area (Å²) < 4.78 is 9.04. The Kier molecular flexibility index (Phi) is 5.59. The van der Waals surface area contributed by atoms with E-state index in [1.807, 2.05) is 6.92 Å². The van der Waals surface area contributed by atoms with Crippen LogP contribution in [0.25, 0.3) is 0 Å². The van der Waals surface area contributed by atoms with Crippen molar-refractivity contribution in [3.05, 3.63) is 11.8 Å². The third kappa shape index (κ3) is 3.73. The summed E-state index contributed by atoms with van der Waals surface area (Å²) in [6.07, 6.45) is 2.13. The predicted molar refractivity (Wildman–Crippen MR) is 47.0 cm³/mol. The second kappa shape index (κ2) is 6.22. The van der Waals surface area contributed by atoms with Gasteiger partial charge in [-0.1, -0.05) is 6.92 Å². The van der Waals surface area contributed by atoms with Crippen LogP contribution in [0.2, 0.25) is 0 Å². The van der Waals surface area contributed by atoms with Gasteiger partial charge in [-0.15, -0.1) is 0 Å². The fourth-order valence-electron chi connectivity index (χ4n) is 0.817. The molecule has 0 fully saturated rings. The maximum Gasteiger partial charge on any atom is 0.344 e. The first-order chi connectivity index (χ1) is 6.17. The van der Waals surface area contributed by atoms with Gasteiger partial charge in [0.05, 0.1) is 14.2 Å². The van der Waals surface area contributed by atoms with Gasteiger partial charge < -0.3 is 9.47 Å². The van der Waals surface area contributed by atoms with Gasteiger partial charge in [-0.3, -0.25) is 4.79 Å². The summed E-state index contributed by atoms with van der Waals surface area (Å²) in [6.45, 7) is 1.86. The molecule has 4 heteroatoms. The van der Waals surface area contributed by atoms with E-state index < -0.39 is 5.97 Å². The zero-order chi connectivity index (χ0) is 10.3. The maximum absolute atomic E-state index is 11.3. The lowest BCUT2D eigenvalue weighted by Crippen LogP contribution is -2.14. The number of ether oxygens (including phenoxy) is 2. The zero-order valence-corrected chi connectivity index (χ0v) is 8.12. The number of hydrogen-bond donors (Lipinski definition) is 0. The molecule has 0 aliphatic rings. The van der Waals surface area contributed by atoms with E-state index in [1.165, 1.54) is 14.2 Å². The summed E-state index contributed by atoms with van der Waals surface area (Å²) >= 11 is 0. The van der Waals surface area contributed by atoms with Gasteiger partial charge in [-0.2, -0.15) is 0 Å². The van der Waals surface area contributed by atoms with Crippen molar-refractivity contribution in [3.8, 4) is 0 Å². The van der Waals surface area contributed by atoms with Gasteiger partial charge in [-0.25, -0.2) is 4.79 Å². The van der Waals surface area contributed by atoms with E-state index >= 15 is 0 Å². The number of ketones is 1. The number of carbonyl (C=O) groups is 2. The Bertz CT molecular complexity index is 218. The van der Waals surface area contributed by atoms with Crippen LogP contribution in [0.4, 0.5) is 0 Å². The smallest absolute Gasteiger partial charge is 0.344 e. The molecule has 0 aromatic carbocycles. The molecule has 0 heterocycles. The van der Waals surface area contributed by atoms with E-state index in [4.69, 9.17) is 0 Å². The molecular weight excluding hydrogens is 172 g/mol. The van der Waals surface area contributed by atoms with Crippen molar-refractivity contribution in [3.63, 3.8) is 0 Å². The lowest BCUT2D eigenvalue weighted by molar-refractivity contribution is -0.138. The van der Waals surface area contributed by atoms with Gasteiger partial charge in [0.1, 0.15) is 11.8 Å². The van der Waals surface area contributed by atoms with Crippen molar-refractivity contribution in [2.24, 2.45) is 0 Å². The molecule has 0 saturated carbocycles. The largest absolute Gasteiger partial charge is 0.503 e. The van der Waals surface area contributed by atoms with Crippen LogP contribution in [0.1, 0.15) is 19.8 Å². The monoisotopic (exact) mass is 186 g/mol. The Morgan fingerprint density at radius 3 is 2.31 bits per heavy atom. The molecule has 0 aliphatic carbocycles. The van der Waals surface area contributed by atoms with E-state index in [1.54, 1.807) is 0 Å². The van der Waals surface area contributed by atoms with Crippen molar-refractivity contribution in [1.29, 1.82) is 0 Å². The quantitative estimate of drug-likeness (QED) is 0.212. The van der Waals surface area contributed by atoms with E-state index in [-0.39, 0.29) is 11.4 Å². The Morgan fingerprint density at radius 2 is 1.92 bits per heavy atom. The van der Waals surface area contributed by atoms with Crippen LogP contribution >= 0.6 is 0 Å². The summed E-state index contributed by atoms with van der Waals surface area (Å²) in [4.78, 5) is 22.3. The minimum absolute atomic E-state index is 0.0353. The molecular formula is C9H14O4. The summed E-state index contributed by atoms with van der Waals surface area (Å²) in [7, 11) is 2.60. The molecule has 0 aromatic rings. The summed E-state index contributed by atoms with van der Waals surface area (Å²) in [5.74, 6) is -0.906. The fourth-order valence-corrected chi connectivity index (χ4v) is 0.817. The molecule has 0 N–H and O–H groups in total. The second-order valence-corrected chi connectivity index (χ2v) is 2.43. The molecule has 0 aromatic heterocycles. The van der Waals surface area contributed by atoms with E-state index in [0.717, 1.165) is 6.26 Å². The molecule has 0 aliphatic heterocycles. The standard InChI is InChI=1S/C9H14O4/c1-4-5-8(10)7(6-12-2)9(11)13-3/h6H,4-5H2,1-3H3. The molecule has 0 rings (SSSR count). The first-order valence-corrected chi connectivity index (χ1v) is 4.01. The molecule has 4 nitrogen and oxygen atoms in total. The molecule has 13 heavy (non-hydrogen) atoms. The summed E-state index contributed by atoms with van der Waals surface area (Å²) in [6, 6.07) is 0. The summed E-state index contributed by atoms with van der Waals surface area (Å²) in [5.41, 5.74) is -0.0353. The highest BCUT2D eigenvalue weighted by Crippen LogP contribution is 2.04. The highest BCUT2D eigenvalue weighted by atomic mass is 16.5. The maximum atomic E-state index is 11.3. The molecule has 0 amide bonds. The minimum atomic E-state index is -0.653. The van der Waals surface area contributed by atoms with Gasteiger partial charge in [0.25, 0.3) is 0 Å². The van der Waals surface area contributed by atoms with Crippen LogP contribution in [0.5, 0.6) is 0 Å². The average molecular weight is 186 g/mol. The van der Waals surface area contributed by atoms with Crippen LogP contribution in [0.15, 0.2) is 11.8 Å². The summed E-state index contributed by atoms with van der Waals surface area (Å²) in [5, 5.41) is 0. The molecule has 0 saturated heterocycles. The zero-order valence-electron chi connectivity index (χ0n) is 8.12. The van der Waals surface area contributed by atoms with Crippen LogP contribution in [0, 0.1) is 0 Å². The number of rotatable bonds is 5. The third-order valence-corrected chi connectivity index (χ3v) is 1.42. The SMILES string of the molecule is CCCC(=O)C(=COC)C(=O)OC. The molecule has 0 unspecified atom stereocenters. The highest BCUT2D eigenvalue weighted by Gasteiger charge is 2.18. The Morgan fingerprint density at radius 1 is 1.31 bits per heavy atom. The van der Waals surface area contributed by atoms with Crippen molar-refractivity contribution < 1.29 is 19.1 Å². The average Bonchev–Trinajstić information content (AvgIpc) is 2.13. The van der Waals surface area contributed by atoms with E-state index in [9.17, 15) is 9.59 Å². The number of Topliss-reactive ketones (excluding diaryl/α,β-unsaturated/α-hetero) is 1. The predicted octanol–water partition coefficient (Wildman–Crippen LogP) is 1.06. The number of esters is 1. The molecule has 0 spiro atoms. The van der Waals surface area contributed by atoms with Gasteiger partial charge in [0.15, 0.2) is 5.78 Å². The number of methoxy groups -OCH3 is 2. The van der Waals surface area contributed by atoms with Crippen molar-refractivity contribution in [2.45, 2.75) is 19.8 Å².